The van der Waals surface area contributed by atoms with Crippen molar-refractivity contribution >= 4 is 17.5 Å². The number of rotatable bonds is 6. The summed E-state index contributed by atoms with van der Waals surface area (Å²) >= 11 is 0. The number of aromatic nitrogens is 2. The number of anilines is 1. The third-order valence-electron chi connectivity index (χ3n) is 3.98. The molecule has 2 amide bonds. The molecule has 0 spiro atoms. The number of furan rings is 1. The molecule has 0 fully saturated rings. The van der Waals surface area contributed by atoms with Crippen molar-refractivity contribution in [2.75, 3.05) is 12.4 Å². The summed E-state index contributed by atoms with van der Waals surface area (Å²) in [7, 11) is 3.16. The maximum atomic E-state index is 12.4. The Labute approximate surface area is 162 Å². The van der Waals surface area contributed by atoms with Gasteiger partial charge in [-0.15, -0.1) is 0 Å². The van der Waals surface area contributed by atoms with Crippen molar-refractivity contribution < 1.29 is 18.7 Å². The van der Waals surface area contributed by atoms with E-state index in [0.29, 0.717) is 11.4 Å². The fourth-order valence-corrected chi connectivity index (χ4v) is 2.80. The average Bonchev–Trinajstić information content (AvgIpc) is 3.25. The summed E-state index contributed by atoms with van der Waals surface area (Å²) in [6.07, 6.45) is 1.55. The Hall–Kier alpha value is -3.55. The molecule has 0 unspecified atom stereocenters. The van der Waals surface area contributed by atoms with Gasteiger partial charge < -0.3 is 19.8 Å². The van der Waals surface area contributed by atoms with E-state index in [1.807, 2.05) is 26.0 Å². The minimum absolute atomic E-state index is 0.116. The molecule has 0 radical (unpaired) electrons. The lowest BCUT2D eigenvalue weighted by atomic mass is 10.1. The third-order valence-corrected chi connectivity index (χ3v) is 3.98. The van der Waals surface area contributed by atoms with Crippen LogP contribution in [0.15, 0.2) is 40.9 Å². The topological polar surface area (TPSA) is 98.4 Å². The molecule has 1 aromatic carbocycles. The molecule has 0 aliphatic heterocycles. The van der Waals surface area contributed by atoms with E-state index in [0.717, 1.165) is 16.9 Å². The second-order valence-corrected chi connectivity index (χ2v) is 6.48. The summed E-state index contributed by atoms with van der Waals surface area (Å²) in [6.45, 7) is 4.20. The Morgan fingerprint density at radius 1 is 1.14 bits per heavy atom. The quantitative estimate of drug-likeness (QED) is 0.683. The van der Waals surface area contributed by atoms with Crippen LogP contribution >= 0.6 is 0 Å². The molecule has 0 aliphatic carbocycles. The Morgan fingerprint density at radius 3 is 2.54 bits per heavy atom. The van der Waals surface area contributed by atoms with Crippen molar-refractivity contribution in [3.8, 4) is 5.75 Å². The predicted octanol–water partition coefficient (Wildman–Crippen LogP) is 2.82. The smallest absolute Gasteiger partial charge is 0.291 e. The highest BCUT2D eigenvalue weighted by atomic mass is 16.5. The van der Waals surface area contributed by atoms with Gasteiger partial charge in [-0.1, -0.05) is 6.07 Å². The molecule has 3 aromatic rings. The maximum Gasteiger partial charge on any atom is 0.291 e. The standard InChI is InChI=1S/C20H22N4O4/c1-12-7-13(2)9-15(8-12)27-11-14-5-6-17(28-14)19(25)22-16-10-24(4)23-18(16)20(26)21-3/h5-10H,11H2,1-4H3,(H,21,26)(H,22,25). The highest BCUT2D eigenvalue weighted by Crippen LogP contribution is 2.19. The normalized spacial score (nSPS) is 10.6. The zero-order valence-electron chi connectivity index (χ0n) is 16.2. The van der Waals surface area contributed by atoms with Gasteiger partial charge in [-0.05, 0) is 49.2 Å². The minimum atomic E-state index is -0.476. The highest BCUT2D eigenvalue weighted by molar-refractivity contribution is 6.06. The molecular weight excluding hydrogens is 360 g/mol. The first-order valence-corrected chi connectivity index (χ1v) is 8.72. The zero-order valence-corrected chi connectivity index (χ0v) is 16.2. The van der Waals surface area contributed by atoms with Crippen molar-refractivity contribution in [1.29, 1.82) is 0 Å². The number of benzene rings is 1. The van der Waals surface area contributed by atoms with Crippen LogP contribution in [0, 0.1) is 13.8 Å². The molecule has 28 heavy (non-hydrogen) atoms. The lowest BCUT2D eigenvalue weighted by Gasteiger charge is -2.06. The number of carbonyl (C=O) groups is 2. The second kappa shape index (κ2) is 7.99. The van der Waals surface area contributed by atoms with Gasteiger partial charge in [0.1, 0.15) is 18.1 Å². The number of carbonyl (C=O) groups excluding carboxylic acids is 2. The monoisotopic (exact) mass is 382 g/mol. The summed E-state index contributed by atoms with van der Waals surface area (Å²) in [5.41, 5.74) is 2.65. The molecule has 8 nitrogen and oxygen atoms in total. The van der Waals surface area contributed by atoms with Gasteiger partial charge in [-0.3, -0.25) is 14.3 Å². The van der Waals surface area contributed by atoms with Crippen LogP contribution in [0.3, 0.4) is 0 Å². The molecule has 0 bridgehead atoms. The first-order chi connectivity index (χ1) is 13.4. The second-order valence-electron chi connectivity index (χ2n) is 6.48. The SMILES string of the molecule is CNC(=O)c1nn(C)cc1NC(=O)c1ccc(COc2cc(C)cc(C)c2)o1. The molecule has 2 heterocycles. The molecule has 2 aromatic heterocycles. The first kappa shape index (κ1) is 19.2. The molecule has 2 N–H and O–H groups in total. The van der Waals surface area contributed by atoms with Crippen molar-refractivity contribution in [2.45, 2.75) is 20.5 Å². The van der Waals surface area contributed by atoms with Crippen molar-refractivity contribution in [1.82, 2.24) is 15.1 Å². The van der Waals surface area contributed by atoms with Gasteiger partial charge in [0.15, 0.2) is 11.5 Å². The summed E-state index contributed by atoms with van der Waals surface area (Å²) < 4.78 is 12.8. The number of aryl methyl sites for hydroxylation is 3. The maximum absolute atomic E-state index is 12.4. The van der Waals surface area contributed by atoms with Crippen LogP contribution in [0.1, 0.15) is 37.9 Å². The van der Waals surface area contributed by atoms with E-state index >= 15 is 0 Å². The lowest BCUT2D eigenvalue weighted by Crippen LogP contribution is -2.21. The van der Waals surface area contributed by atoms with E-state index in [-0.39, 0.29) is 18.1 Å². The number of nitrogens with zero attached hydrogens (tertiary/aromatic N) is 2. The van der Waals surface area contributed by atoms with Crippen LogP contribution in [0.4, 0.5) is 5.69 Å². The Balaban J connectivity index is 1.67. The Kier molecular flexibility index (Phi) is 5.49. The third kappa shape index (κ3) is 4.40. The fraction of sp³-hybridized carbons (Fsp3) is 0.250. The number of ether oxygens (including phenoxy) is 1. The number of hydrogen-bond acceptors (Lipinski definition) is 5. The van der Waals surface area contributed by atoms with E-state index in [1.165, 1.54) is 11.7 Å². The lowest BCUT2D eigenvalue weighted by molar-refractivity contribution is 0.0958. The van der Waals surface area contributed by atoms with Gasteiger partial charge in [0, 0.05) is 20.3 Å². The van der Waals surface area contributed by atoms with E-state index in [9.17, 15) is 9.59 Å². The average molecular weight is 382 g/mol. The summed E-state index contributed by atoms with van der Waals surface area (Å²) in [4.78, 5) is 24.3. The summed E-state index contributed by atoms with van der Waals surface area (Å²) in [6, 6.07) is 9.18. The molecule has 0 atom stereocenters. The Bertz CT molecular complexity index is 999. The minimum Gasteiger partial charge on any atom is -0.486 e. The molecule has 0 aliphatic rings. The zero-order chi connectivity index (χ0) is 20.3. The summed E-state index contributed by atoms with van der Waals surface area (Å²) in [5.74, 6) is 0.506. The van der Waals surface area contributed by atoms with E-state index in [2.05, 4.69) is 21.8 Å². The highest BCUT2D eigenvalue weighted by Gasteiger charge is 2.19. The van der Waals surface area contributed by atoms with Gasteiger partial charge in [0.2, 0.25) is 0 Å². The number of amides is 2. The number of hydrogen-bond donors (Lipinski definition) is 2. The molecule has 146 valence electrons. The molecular formula is C20H22N4O4. The van der Waals surface area contributed by atoms with Crippen LogP contribution in [0.2, 0.25) is 0 Å². The Morgan fingerprint density at radius 2 is 1.86 bits per heavy atom. The van der Waals surface area contributed by atoms with Gasteiger partial charge in [-0.25, -0.2) is 0 Å². The molecule has 8 heteroatoms. The van der Waals surface area contributed by atoms with E-state index in [4.69, 9.17) is 9.15 Å². The number of nitrogens with one attached hydrogen (secondary N) is 2. The van der Waals surface area contributed by atoms with Crippen LogP contribution in [-0.4, -0.2) is 28.6 Å². The predicted molar refractivity (Wildman–Crippen MR) is 104 cm³/mol. The summed E-state index contributed by atoms with van der Waals surface area (Å²) in [5, 5.41) is 9.18. The van der Waals surface area contributed by atoms with E-state index in [1.54, 1.807) is 25.4 Å². The van der Waals surface area contributed by atoms with Crippen LogP contribution in [0.25, 0.3) is 0 Å². The van der Waals surface area contributed by atoms with Gasteiger partial charge >= 0.3 is 0 Å². The van der Waals surface area contributed by atoms with Crippen molar-refractivity contribution in [2.24, 2.45) is 7.05 Å². The van der Waals surface area contributed by atoms with Gasteiger partial charge in [0.05, 0.1) is 5.69 Å². The van der Waals surface area contributed by atoms with Gasteiger partial charge in [-0.2, -0.15) is 5.10 Å². The molecule has 3 rings (SSSR count). The fourth-order valence-electron chi connectivity index (χ4n) is 2.80. The van der Waals surface area contributed by atoms with Crippen molar-refractivity contribution in [3.05, 3.63) is 64.9 Å². The van der Waals surface area contributed by atoms with Crippen LogP contribution in [0.5, 0.6) is 5.75 Å². The van der Waals surface area contributed by atoms with Gasteiger partial charge in [0.25, 0.3) is 11.8 Å². The van der Waals surface area contributed by atoms with Crippen molar-refractivity contribution in [3.63, 3.8) is 0 Å². The molecule has 0 saturated carbocycles. The first-order valence-electron chi connectivity index (χ1n) is 8.72. The molecule has 0 saturated heterocycles. The largest absolute Gasteiger partial charge is 0.486 e. The van der Waals surface area contributed by atoms with Crippen LogP contribution < -0.4 is 15.4 Å². The van der Waals surface area contributed by atoms with E-state index < -0.39 is 11.8 Å². The van der Waals surface area contributed by atoms with Crippen LogP contribution in [-0.2, 0) is 13.7 Å².